The number of β-amino-alcohol motifs (C(OH)–C–C–N with tert-alkyl or cyclic N) is 1. The van der Waals surface area contributed by atoms with Crippen LogP contribution in [0.1, 0.15) is 23.5 Å². The maximum Gasteiger partial charge on any atom is 0.407 e. The first-order valence-corrected chi connectivity index (χ1v) is 10.9. The number of carbonyl (C=O) groups excluding carboxylic acids is 2. The molecule has 0 saturated carbocycles. The van der Waals surface area contributed by atoms with Crippen molar-refractivity contribution in [2.75, 3.05) is 19.7 Å². The van der Waals surface area contributed by atoms with Gasteiger partial charge in [-0.1, -0.05) is 48.5 Å². The van der Waals surface area contributed by atoms with Gasteiger partial charge in [0.25, 0.3) is 0 Å². The third-order valence-electron chi connectivity index (χ3n) is 6.33. The van der Waals surface area contributed by atoms with E-state index in [1.807, 2.05) is 53.8 Å². The Morgan fingerprint density at radius 2 is 1.63 bits per heavy atom. The smallest absolute Gasteiger partial charge is 0.407 e. The van der Waals surface area contributed by atoms with Gasteiger partial charge in [-0.2, -0.15) is 13.2 Å². The zero-order valence-corrected chi connectivity index (χ0v) is 18.4. The highest BCUT2D eigenvalue weighted by Crippen LogP contribution is 2.44. The molecule has 1 heterocycles. The van der Waals surface area contributed by atoms with Crippen molar-refractivity contribution in [3.63, 3.8) is 0 Å². The summed E-state index contributed by atoms with van der Waals surface area (Å²) in [6.07, 6.45) is -7.80. The molecular weight excluding hydrogens is 469 g/mol. The Morgan fingerprint density at radius 1 is 1.06 bits per heavy atom. The fourth-order valence-corrected chi connectivity index (χ4v) is 4.67. The number of benzene rings is 2. The number of hydrogen-bond acceptors (Lipinski definition) is 5. The summed E-state index contributed by atoms with van der Waals surface area (Å²) < 4.78 is 46.0. The lowest BCUT2D eigenvalue weighted by molar-refractivity contribution is -0.189. The molecule has 2 aromatic carbocycles. The molecule has 1 saturated heterocycles. The van der Waals surface area contributed by atoms with Crippen molar-refractivity contribution in [2.24, 2.45) is 5.92 Å². The molecule has 1 aliphatic carbocycles. The van der Waals surface area contributed by atoms with Crippen molar-refractivity contribution in [1.29, 1.82) is 0 Å². The molecule has 0 spiro atoms. The molecule has 2 aromatic rings. The Kier molecular flexibility index (Phi) is 6.70. The number of carbonyl (C=O) groups is 3. The first-order chi connectivity index (χ1) is 16.6. The van der Waals surface area contributed by atoms with Crippen LogP contribution in [0.25, 0.3) is 11.1 Å². The Hall–Kier alpha value is -3.60. The maximum atomic E-state index is 13.6. The van der Waals surface area contributed by atoms with E-state index in [1.54, 1.807) is 0 Å². The molecule has 3 atom stereocenters. The van der Waals surface area contributed by atoms with Crippen LogP contribution in [0.4, 0.5) is 18.0 Å². The van der Waals surface area contributed by atoms with Gasteiger partial charge >= 0.3 is 18.2 Å². The van der Waals surface area contributed by atoms with Crippen molar-refractivity contribution < 1.29 is 42.5 Å². The molecule has 3 unspecified atom stereocenters. The summed E-state index contributed by atoms with van der Waals surface area (Å²) in [6.45, 7) is -1.78. The van der Waals surface area contributed by atoms with E-state index in [1.165, 1.54) is 0 Å². The molecule has 8 nitrogen and oxygen atoms in total. The summed E-state index contributed by atoms with van der Waals surface area (Å²) in [7, 11) is 0. The van der Waals surface area contributed by atoms with Gasteiger partial charge in [0, 0.05) is 25.4 Å². The summed E-state index contributed by atoms with van der Waals surface area (Å²) >= 11 is 0. The van der Waals surface area contributed by atoms with Gasteiger partial charge in [-0.15, -0.1) is 0 Å². The van der Waals surface area contributed by atoms with Crippen LogP contribution in [0, 0.1) is 5.92 Å². The number of halogens is 3. The number of carboxylic acid groups (broad SMARTS) is 1. The van der Waals surface area contributed by atoms with Crippen molar-refractivity contribution in [1.82, 2.24) is 10.2 Å². The highest BCUT2D eigenvalue weighted by atomic mass is 19.4. The largest absolute Gasteiger partial charge is 0.480 e. The average Bonchev–Trinajstić information content (AvgIpc) is 3.35. The van der Waals surface area contributed by atoms with Crippen LogP contribution in [0.2, 0.25) is 0 Å². The van der Waals surface area contributed by atoms with Crippen LogP contribution in [0.15, 0.2) is 48.5 Å². The maximum absolute atomic E-state index is 13.6. The Morgan fingerprint density at radius 3 is 2.17 bits per heavy atom. The Balaban J connectivity index is 1.41. The average molecular weight is 492 g/mol. The normalized spacial score (nSPS) is 20.2. The minimum atomic E-state index is -5.05. The molecule has 4 rings (SSSR count). The van der Waals surface area contributed by atoms with Crippen molar-refractivity contribution in [3.05, 3.63) is 59.7 Å². The third kappa shape index (κ3) is 4.95. The quantitative estimate of drug-likeness (QED) is 0.571. The van der Waals surface area contributed by atoms with Gasteiger partial charge in [0.15, 0.2) is 5.92 Å². The lowest BCUT2D eigenvalue weighted by Crippen LogP contribution is -2.51. The van der Waals surface area contributed by atoms with Gasteiger partial charge < -0.3 is 25.2 Å². The number of amides is 2. The van der Waals surface area contributed by atoms with Crippen LogP contribution in [-0.2, 0) is 14.3 Å². The van der Waals surface area contributed by atoms with E-state index in [2.05, 4.69) is 0 Å². The van der Waals surface area contributed by atoms with Gasteiger partial charge in [0.05, 0.1) is 6.10 Å². The molecule has 0 aromatic heterocycles. The lowest BCUT2D eigenvalue weighted by Gasteiger charge is -2.28. The molecular formula is C24H23F3N2O6. The fraction of sp³-hybridized carbons (Fsp3) is 0.375. The van der Waals surface area contributed by atoms with E-state index in [-0.39, 0.29) is 18.9 Å². The highest BCUT2D eigenvalue weighted by molar-refractivity contribution is 5.87. The number of aliphatic hydroxyl groups is 1. The van der Waals surface area contributed by atoms with E-state index in [0.717, 1.165) is 22.3 Å². The second-order valence-corrected chi connectivity index (χ2v) is 8.53. The number of ether oxygens (including phenoxy) is 1. The molecule has 0 bridgehead atoms. The zero-order valence-electron chi connectivity index (χ0n) is 18.4. The molecule has 186 valence electrons. The number of carboxylic acids is 1. The highest BCUT2D eigenvalue weighted by Gasteiger charge is 2.50. The molecule has 11 heteroatoms. The van der Waals surface area contributed by atoms with E-state index in [0.29, 0.717) is 4.90 Å². The number of nitrogens with zero attached hydrogens (tertiary/aromatic N) is 1. The minimum Gasteiger partial charge on any atom is -0.480 e. The molecule has 35 heavy (non-hydrogen) atoms. The van der Waals surface area contributed by atoms with Crippen LogP contribution >= 0.6 is 0 Å². The van der Waals surface area contributed by atoms with Crippen molar-refractivity contribution in [2.45, 2.75) is 30.7 Å². The fourth-order valence-electron chi connectivity index (χ4n) is 4.67. The number of nitrogens with one attached hydrogen (secondary N) is 1. The molecule has 0 radical (unpaired) electrons. The standard InChI is InChI=1S/C24H23F3N2O6/c25-24(26,27)19(21(31)29-11-13(30)9-20(29)22(32)33)10-28-23(34)35-12-18-16-7-3-1-5-14(16)15-6-2-4-8-17(15)18/h1-8,13,18-20,30H,9-12H2,(H,28,34)(H,32,33). The number of aliphatic hydroxyl groups excluding tert-OH is 1. The van der Waals surface area contributed by atoms with E-state index < -0.39 is 55.3 Å². The van der Waals surface area contributed by atoms with Gasteiger partial charge in [-0.05, 0) is 22.3 Å². The van der Waals surface area contributed by atoms with Gasteiger partial charge in [0.2, 0.25) is 5.91 Å². The van der Waals surface area contributed by atoms with Crippen LogP contribution in [0.5, 0.6) is 0 Å². The van der Waals surface area contributed by atoms with Crippen LogP contribution < -0.4 is 5.32 Å². The summed E-state index contributed by atoms with van der Waals surface area (Å²) in [4.78, 5) is 36.6. The monoisotopic (exact) mass is 492 g/mol. The first-order valence-electron chi connectivity index (χ1n) is 10.9. The summed E-state index contributed by atoms with van der Waals surface area (Å²) in [5.41, 5.74) is 3.83. The molecule has 1 aliphatic heterocycles. The van der Waals surface area contributed by atoms with Gasteiger partial charge in [-0.25, -0.2) is 9.59 Å². The number of hydrogen-bond donors (Lipinski definition) is 3. The number of rotatable bonds is 6. The van der Waals surface area contributed by atoms with Crippen LogP contribution in [-0.4, -0.2) is 71.1 Å². The molecule has 2 aliphatic rings. The van der Waals surface area contributed by atoms with Gasteiger partial charge in [-0.3, -0.25) is 4.79 Å². The summed E-state index contributed by atoms with van der Waals surface area (Å²) in [5, 5.41) is 20.8. The number of fused-ring (bicyclic) bond motifs is 3. The van der Waals surface area contributed by atoms with E-state index >= 15 is 0 Å². The minimum absolute atomic E-state index is 0.121. The third-order valence-corrected chi connectivity index (χ3v) is 6.33. The predicted molar refractivity (Wildman–Crippen MR) is 116 cm³/mol. The number of aliphatic carboxylic acids is 1. The van der Waals surface area contributed by atoms with Crippen molar-refractivity contribution >= 4 is 18.0 Å². The zero-order chi connectivity index (χ0) is 25.3. The van der Waals surface area contributed by atoms with Gasteiger partial charge in [0.1, 0.15) is 12.6 Å². The first kappa shape index (κ1) is 24.5. The summed E-state index contributed by atoms with van der Waals surface area (Å²) in [5.74, 6) is -6.02. The lowest BCUT2D eigenvalue weighted by atomic mass is 9.98. The molecule has 3 N–H and O–H groups in total. The second-order valence-electron chi connectivity index (χ2n) is 8.53. The topological polar surface area (TPSA) is 116 Å². The molecule has 1 fully saturated rings. The predicted octanol–water partition coefficient (Wildman–Crippen LogP) is 2.75. The van der Waals surface area contributed by atoms with E-state index in [9.17, 15) is 37.8 Å². The van der Waals surface area contributed by atoms with E-state index in [4.69, 9.17) is 4.74 Å². The number of likely N-dealkylation sites (tertiary alicyclic amines) is 1. The Bertz CT molecular complexity index is 1090. The Labute approximate surface area is 198 Å². The SMILES string of the molecule is O=C(NCC(C(=O)N1CC(O)CC1C(=O)O)C(F)(F)F)OCC1c2ccccc2-c2ccccc21. The molecule has 2 amide bonds. The summed E-state index contributed by atoms with van der Waals surface area (Å²) in [6, 6.07) is 13.5. The van der Waals surface area contributed by atoms with Crippen molar-refractivity contribution in [3.8, 4) is 11.1 Å². The van der Waals surface area contributed by atoms with Crippen LogP contribution in [0.3, 0.4) is 0 Å². The number of alkyl halides is 3. The second kappa shape index (κ2) is 9.57. The number of alkyl carbamates (subject to hydrolysis) is 1.